The molecular formula is C27H19ClF3N3O5. The summed E-state index contributed by atoms with van der Waals surface area (Å²) in [6.07, 6.45) is -4.67. The van der Waals surface area contributed by atoms with Gasteiger partial charge in [0.15, 0.2) is 0 Å². The molecule has 0 radical (unpaired) electrons. The molecule has 3 aromatic rings. The van der Waals surface area contributed by atoms with Crippen LogP contribution in [0.3, 0.4) is 0 Å². The average Bonchev–Trinajstić information content (AvgIpc) is 3.11. The number of methoxy groups -OCH3 is 1. The molecule has 8 nitrogen and oxygen atoms in total. The van der Waals surface area contributed by atoms with E-state index in [0.717, 1.165) is 12.1 Å². The molecule has 1 heterocycles. The van der Waals surface area contributed by atoms with Crippen molar-refractivity contribution >= 4 is 52.4 Å². The van der Waals surface area contributed by atoms with Crippen molar-refractivity contribution in [2.24, 2.45) is 0 Å². The Bertz CT molecular complexity index is 1500. The van der Waals surface area contributed by atoms with E-state index in [4.69, 9.17) is 11.6 Å². The molecule has 3 aromatic carbocycles. The van der Waals surface area contributed by atoms with Crippen molar-refractivity contribution in [3.8, 4) is 0 Å². The Balaban J connectivity index is 1.42. The van der Waals surface area contributed by atoms with Crippen LogP contribution in [0.4, 0.5) is 30.2 Å². The van der Waals surface area contributed by atoms with Gasteiger partial charge in [-0.15, -0.1) is 0 Å². The summed E-state index contributed by atoms with van der Waals surface area (Å²) < 4.78 is 43.9. The molecule has 0 aromatic heterocycles. The van der Waals surface area contributed by atoms with Crippen LogP contribution in [0.25, 0.3) is 0 Å². The summed E-state index contributed by atoms with van der Waals surface area (Å²) >= 11 is 6.07. The zero-order valence-corrected chi connectivity index (χ0v) is 20.9. The van der Waals surface area contributed by atoms with Gasteiger partial charge in [0.1, 0.15) is 10.7 Å². The number of benzene rings is 3. The summed E-state index contributed by atoms with van der Waals surface area (Å²) in [5.74, 6) is -2.77. The fourth-order valence-electron chi connectivity index (χ4n) is 3.75. The molecule has 0 fully saturated rings. The molecule has 2 N–H and O–H groups in total. The number of ether oxygens (including phenoxy) is 1. The first-order chi connectivity index (χ1) is 18.5. The SMILES string of the molecule is COC(=O)c1cccc(NC(=O)Cc2ccc(NC3=C(Cl)C(=O)N(c4cccc(C(F)(F)F)c4)C3=O)cc2)c1. The Hall–Kier alpha value is -4.64. The van der Waals surface area contributed by atoms with Gasteiger partial charge in [-0.3, -0.25) is 14.4 Å². The molecular weight excluding hydrogens is 539 g/mol. The van der Waals surface area contributed by atoms with Gasteiger partial charge in [0.05, 0.1) is 30.3 Å². The van der Waals surface area contributed by atoms with Crippen LogP contribution in [0.15, 0.2) is 83.5 Å². The molecule has 1 aliphatic rings. The number of imide groups is 1. The number of carbonyl (C=O) groups excluding carboxylic acids is 4. The third-order valence-corrected chi connectivity index (χ3v) is 5.97. The summed E-state index contributed by atoms with van der Waals surface area (Å²) in [5, 5.41) is 4.94. The highest BCUT2D eigenvalue weighted by molar-refractivity contribution is 6.53. The van der Waals surface area contributed by atoms with Crippen LogP contribution >= 0.6 is 11.6 Å². The number of amides is 3. The first kappa shape index (κ1) is 27.4. The van der Waals surface area contributed by atoms with Gasteiger partial charge < -0.3 is 15.4 Å². The smallest absolute Gasteiger partial charge is 0.416 e. The monoisotopic (exact) mass is 557 g/mol. The van der Waals surface area contributed by atoms with Crippen molar-refractivity contribution in [3.05, 3.63) is 100 Å². The quantitative estimate of drug-likeness (QED) is 0.309. The molecule has 39 heavy (non-hydrogen) atoms. The van der Waals surface area contributed by atoms with Crippen molar-refractivity contribution in [1.29, 1.82) is 0 Å². The second-order valence-corrected chi connectivity index (χ2v) is 8.68. The number of rotatable bonds is 7. The molecule has 0 aliphatic carbocycles. The van der Waals surface area contributed by atoms with Crippen molar-refractivity contribution < 1.29 is 37.1 Å². The summed E-state index contributed by atoms with van der Waals surface area (Å²) in [5.41, 5.74) is 0.0757. The Morgan fingerprint density at radius 1 is 0.923 bits per heavy atom. The minimum atomic E-state index is -4.66. The number of alkyl halides is 3. The summed E-state index contributed by atoms with van der Waals surface area (Å²) in [7, 11) is 1.25. The van der Waals surface area contributed by atoms with Crippen LogP contribution < -0.4 is 15.5 Å². The second-order valence-electron chi connectivity index (χ2n) is 8.30. The molecule has 3 amide bonds. The lowest BCUT2D eigenvalue weighted by molar-refractivity contribution is -0.137. The first-order valence-electron chi connectivity index (χ1n) is 11.3. The Labute approximate surface area is 225 Å². The minimum Gasteiger partial charge on any atom is -0.465 e. The van der Waals surface area contributed by atoms with Gasteiger partial charge in [-0.05, 0) is 54.1 Å². The predicted octanol–water partition coefficient (Wildman–Crippen LogP) is 5.11. The summed E-state index contributed by atoms with van der Waals surface area (Å²) in [6, 6.07) is 16.4. The third-order valence-electron chi connectivity index (χ3n) is 5.61. The van der Waals surface area contributed by atoms with Gasteiger partial charge in [-0.2, -0.15) is 13.2 Å². The molecule has 0 saturated carbocycles. The largest absolute Gasteiger partial charge is 0.465 e. The normalized spacial score (nSPS) is 13.5. The molecule has 0 atom stereocenters. The van der Waals surface area contributed by atoms with E-state index in [2.05, 4.69) is 15.4 Å². The molecule has 12 heteroatoms. The maximum Gasteiger partial charge on any atom is 0.416 e. The highest BCUT2D eigenvalue weighted by Gasteiger charge is 2.40. The number of halogens is 4. The highest BCUT2D eigenvalue weighted by Crippen LogP contribution is 2.35. The Morgan fingerprint density at radius 2 is 1.62 bits per heavy atom. The summed E-state index contributed by atoms with van der Waals surface area (Å²) in [4.78, 5) is 50.2. The van der Waals surface area contributed by atoms with Crippen LogP contribution in [-0.4, -0.2) is 30.8 Å². The molecule has 0 spiro atoms. The van der Waals surface area contributed by atoms with Gasteiger partial charge in [0, 0.05) is 11.4 Å². The minimum absolute atomic E-state index is 0.00702. The first-order valence-corrected chi connectivity index (χ1v) is 11.7. The van der Waals surface area contributed by atoms with E-state index in [-0.39, 0.29) is 29.3 Å². The lowest BCUT2D eigenvalue weighted by atomic mass is 10.1. The van der Waals surface area contributed by atoms with Gasteiger partial charge in [0.25, 0.3) is 11.8 Å². The molecule has 0 bridgehead atoms. The van der Waals surface area contributed by atoms with E-state index >= 15 is 0 Å². The standard InChI is InChI=1S/C27H19ClF3N3O5/c1-39-26(38)16-4-2-6-19(13-16)32-21(35)12-15-8-10-18(11-9-15)33-23-22(28)24(36)34(25(23)37)20-7-3-5-17(14-20)27(29,30)31/h2-11,13-14,33H,12H2,1H3,(H,32,35). The van der Waals surface area contributed by atoms with E-state index in [1.807, 2.05) is 0 Å². The van der Waals surface area contributed by atoms with Gasteiger partial charge in [0.2, 0.25) is 5.91 Å². The molecule has 200 valence electrons. The number of anilines is 3. The lowest BCUT2D eigenvalue weighted by Gasteiger charge is -2.17. The van der Waals surface area contributed by atoms with E-state index < -0.39 is 34.6 Å². The number of carbonyl (C=O) groups is 4. The predicted molar refractivity (Wildman–Crippen MR) is 137 cm³/mol. The van der Waals surface area contributed by atoms with E-state index in [9.17, 15) is 32.3 Å². The van der Waals surface area contributed by atoms with Gasteiger partial charge in [-0.1, -0.05) is 35.9 Å². The third kappa shape index (κ3) is 6.10. The van der Waals surface area contributed by atoms with E-state index in [1.165, 1.54) is 19.2 Å². The zero-order valence-electron chi connectivity index (χ0n) is 20.1. The van der Waals surface area contributed by atoms with Crippen molar-refractivity contribution in [3.63, 3.8) is 0 Å². The number of hydrogen-bond donors (Lipinski definition) is 2. The van der Waals surface area contributed by atoms with Gasteiger partial charge in [-0.25, -0.2) is 9.69 Å². The average molecular weight is 558 g/mol. The van der Waals surface area contributed by atoms with Crippen LogP contribution in [-0.2, 0) is 31.7 Å². The van der Waals surface area contributed by atoms with E-state index in [1.54, 1.807) is 42.5 Å². The van der Waals surface area contributed by atoms with Crippen molar-refractivity contribution in [2.45, 2.75) is 12.6 Å². The van der Waals surface area contributed by atoms with Crippen LogP contribution in [0.1, 0.15) is 21.5 Å². The van der Waals surface area contributed by atoms with Crippen LogP contribution in [0.5, 0.6) is 0 Å². The molecule has 1 aliphatic heterocycles. The fraction of sp³-hybridized carbons (Fsp3) is 0.111. The maximum atomic E-state index is 13.1. The second kappa shape index (κ2) is 11.0. The number of nitrogens with one attached hydrogen (secondary N) is 2. The number of esters is 1. The van der Waals surface area contributed by atoms with Crippen molar-refractivity contribution in [2.75, 3.05) is 22.6 Å². The number of nitrogens with zero attached hydrogens (tertiary/aromatic N) is 1. The number of hydrogen-bond acceptors (Lipinski definition) is 6. The fourth-order valence-corrected chi connectivity index (χ4v) is 3.96. The van der Waals surface area contributed by atoms with E-state index in [0.29, 0.717) is 27.9 Å². The van der Waals surface area contributed by atoms with Gasteiger partial charge >= 0.3 is 12.1 Å². The van der Waals surface area contributed by atoms with Crippen LogP contribution in [0, 0.1) is 0 Å². The Kier molecular flexibility index (Phi) is 7.73. The van der Waals surface area contributed by atoms with Crippen LogP contribution in [0.2, 0.25) is 0 Å². The topological polar surface area (TPSA) is 105 Å². The Morgan fingerprint density at radius 3 is 2.28 bits per heavy atom. The van der Waals surface area contributed by atoms with Crippen molar-refractivity contribution in [1.82, 2.24) is 0 Å². The molecule has 0 saturated heterocycles. The molecule has 4 rings (SSSR count). The zero-order chi connectivity index (χ0) is 28.3. The molecule has 0 unspecified atom stereocenters. The maximum absolute atomic E-state index is 13.1. The lowest BCUT2D eigenvalue weighted by Crippen LogP contribution is -2.32. The summed E-state index contributed by atoms with van der Waals surface area (Å²) in [6.45, 7) is 0. The highest BCUT2D eigenvalue weighted by atomic mass is 35.5.